The summed E-state index contributed by atoms with van der Waals surface area (Å²) in [6.07, 6.45) is 11.6. The van der Waals surface area contributed by atoms with Crippen molar-refractivity contribution in [2.45, 2.75) is 107 Å². The fourth-order valence-corrected chi connectivity index (χ4v) is 6.83. The molecule has 0 fully saturated rings. The molecule has 4 rings (SSSR count). The number of Topliss-reactive ketones (excluding diaryl/α,β-unsaturated/α-hetero) is 1. The Hall–Kier alpha value is -3.74. The molecule has 1 amide bonds. The van der Waals surface area contributed by atoms with Crippen LogP contribution >= 0.6 is 0 Å². The smallest absolute Gasteiger partial charge is 0.273 e. The maximum atomic E-state index is 14.1. The van der Waals surface area contributed by atoms with Crippen molar-refractivity contribution in [3.63, 3.8) is 0 Å². The lowest BCUT2D eigenvalue weighted by Gasteiger charge is -2.25. The lowest BCUT2D eigenvalue weighted by Crippen LogP contribution is -2.31. The van der Waals surface area contributed by atoms with Crippen LogP contribution in [0.1, 0.15) is 109 Å². The number of hydrogen-bond donors (Lipinski definition) is 3. The van der Waals surface area contributed by atoms with E-state index in [1.807, 2.05) is 45.9 Å². The van der Waals surface area contributed by atoms with Gasteiger partial charge in [0.05, 0.1) is 16.8 Å². The van der Waals surface area contributed by atoms with Gasteiger partial charge in [0.1, 0.15) is 5.71 Å². The van der Waals surface area contributed by atoms with E-state index in [4.69, 9.17) is 4.99 Å². The number of aromatic nitrogens is 2. The molecule has 0 unspecified atom stereocenters. The van der Waals surface area contributed by atoms with Crippen LogP contribution < -0.4 is 10.7 Å². The Morgan fingerprint density at radius 3 is 1.69 bits per heavy atom. The molecule has 0 aromatic carbocycles. The zero-order chi connectivity index (χ0) is 30.8. The van der Waals surface area contributed by atoms with E-state index in [2.05, 4.69) is 42.7 Å². The number of carbonyl (C=O) groups excluding carboxylic acids is 2. The number of aromatic hydroxyl groups is 1. The van der Waals surface area contributed by atoms with Gasteiger partial charge >= 0.3 is 0 Å². The van der Waals surface area contributed by atoms with E-state index in [0.29, 0.717) is 25.0 Å². The molecule has 224 valence electrons. The highest BCUT2D eigenvalue weighted by atomic mass is 16.3. The summed E-state index contributed by atoms with van der Waals surface area (Å²) in [5.74, 6) is 0.0783. The summed E-state index contributed by atoms with van der Waals surface area (Å²) in [7, 11) is 0. The fourth-order valence-electron chi connectivity index (χ4n) is 6.83. The quantitative estimate of drug-likeness (QED) is 0.316. The lowest BCUT2D eigenvalue weighted by molar-refractivity contribution is -0.119. The van der Waals surface area contributed by atoms with Gasteiger partial charge in [-0.1, -0.05) is 55.4 Å². The average molecular weight is 571 g/mol. The van der Waals surface area contributed by atoms with E-state index >= 15 is 0 Å². The third-order valence-corrected chi connectivity index (χ3v) is 9.24. The number of carbonyl (C=O) groups is 2. The Labute approximate surface area is 249 Å². The number of hydrogen-bond acceptors (Lipinski definition) is 4. The van der Waals surface area contributed by atoms with Gasteiger partial charge in [0.2, 0.25) is 0 Å². The molecule has 3 N–H and O–H groups in total. The number of aliphatic imine (C=N–C) groups is 2. The second-order valence-corrected chi connectivity index (χ2v) is 11.1. The summed E-state index contributed by atoms with van der Waals surface area (Å²) in [5, 5.41) is 12.3. The largest absolute Gasteiger partial charge is 0.494 e. The minimum atomic E-state index is -0.720. The molecular weight excluding hydrogens is 524 g/mol. The van der Waals surface area contributed by atoms with Crippen molar-refractivity contribution in [1.82, 2.24) is 9.97 Å². The first-order valence-corrected chi connectivity index (χ1v) is 15.7. The van der Waals surface area contributed by atoms with Gasteiger partial charge in [-0.25, -0.2) is 9.98 Å². The lowest BCUT2D eigenvalue weighted by atomic mass is 9.75. The maximum absolute atomic E-state index is 14.1. The number of aromatic amines is 2. The zero-order valence-electron chi connectivity index (χ0n) is 26.5. The maximum Gasteiger partial charge on any atom is 0.273 e. The highest BCUT2D eigenvalue weighted by Gasteiger charge is 2.45. The Morgan fingerprint density at radius 2 is 1.19 bits per heavy atom. The normalized spacial score (nSPS) is 18.7. The second-order valence-electron chi connectivity index (χ2n) is 11.1. The minimum absolute atomic E-state index is 0.0260. The first-order valence-electron chi connectivity index (χ1n) is 15.7. The van der Waals surface area contributed by atoms with Crippen molar-refractivity contribution in [3.05, 3.63) is 55.5 Å². The van der Waals surface area contributed by atoms with Gasteiger partial charge in [-0.15, -0.1) is 0 Å². The topological polar surface area (TPSA) is 111 Å². The summed E-state index contributed by atoms with van der Waals surface area (Å²) in [6, 6.07) is 0. The molecule has 2 aliphatic heterocycles. The van der Waals surface area contributed by atoms with Crippen molar-refractivity contribution in [1.29, 1.82) is 0 Å². The third-order valence-electron chi connectivity index (χ3n) is 9.24. The molecule has 0 saturated heterocycles. The number of rotatable bonds is 11. The van der Waals surface area contributed by atoms with Crippen LogP contribution in [0.5, 0.6) is 5.88 Å². The summed E-state index contributed by atoms with van der Waals surface area (Å²) < 4.78 is 0. The zero-order valence-corrected chi connectivity index (χ0v) is 26.5. The average Bonchev–Trinajstić information content (AvgIpc) is 3.67. The van der Waals surface area contributed by atoms with Gasteiger partial charge in [-0.3, -0.25) is 9.59 Å². The molecule has 0 atom stereocenters. The monoisotopic (exact) mass is 570 g/mol. The van der Waals surface area contributed by atoms with Gasteiger partial charge in [-0.05, 0) is 91.9 Å². The van der Waals surface area contributed by atoms with Crippen molar-refractivity contribution in [3.8, 4) is 5.88 Å². The first kappa shape index (κ1) is 31.2. The van der Waals surface area contributed by atoms with Gasteiger partial charge in [0.15, 0.2) is 11.7 Å². The van der Waals surface area contributed by atoms with E-state index in [-0.39, 0.29) is 17.6 Å². The van der Waals surface area contributed by atoms with Crippen LogP contribution in [-0.2, 0) is 35.3 Å². The predicted octanol–water partition coefficient (Wildman–Crippen LogP) is 5.83. The molecule has 0 bridgehead atoms. The fraction of sp³-hybridized carbons (Fsp3) is 0.486. The molecule has 0 aliphatic carbocycles. The molecule has 7 heteroatoms. The molecule has 0 radical (unpaired) electrons. The first-order chi connectivity index (χ1) is 20.2. The predicted molar refractivity (Wildman–Crippen MR) is 172 cm³/mol. The number of ketones is 1. The molecule has 7 nitrogen and oxygen atoms in total. The van der Waals surface area contributed by atoms with Crippen LogP contribution in [0.15, 0.2) is 26.8 Å². The van der Waals surface area contributed by atoms with Gasteiger partial charge in [0, 0.05) is 27.5 Å². The van der Waals surface area contributed by atoms with E-state index in [1.165, 1.54) is 5.56 Å². The van der Waals surface area contributed by atoms with E-state index < -0.39 is 5.41 Å². The molecule has 0 saturated carbocycles. The van der Waals surface area contributed by atoms with Gasteiger partial charge in [-0.2, -0.15) is 0 Å². The molecule has 2 aromatic heterocycles. The van der Waals surface area contributed by atoms with Crippen molar-refractivity contribution >= 4 is 41.3 Å². The summed E-state index contributed by atoms with van der Waals surface area (Å²) in [6.45, 7) is 16.5. The Kier molecular flexibility index (Phi) is 9.39. The van der Waals surface area contributed by atoms with Crippen molar-refractivity contribution in [2.75, 3.05) is 0 Å². The summed E-state index contributed by atoms with van der Waals surface area (Å²) in [5.41, 5.74) is 8.10. The van der Waals surface area contributed by atoms with Crippen molar-refractivity contribution in [2.24, 2.45) is 15.4 Å². The second kappa shape index (κ2) is 12.6. The molecule has 2 aromatic rings. The SMILES string of the molecule is CCC1=C(CC)C(/C=c2\[nH]/c(=C\C3=NC(=C/c4[nH]c(O)c(CC)c4CC)/C(CC)(CC)C3=O)c(CC)c2CC)=NC1=O. The molecule has 4 heterocycles. The van der Waals surface area contributed by atoms with Crippen molar-refractivity contribution < 1.29 is 14.7 Å². The van der Waals surface area contributed by atoms with Crippen LogP contribution in [0.2, 0.25) is 0 Å². The standard InChI is InChI=1S/C35H46N4O3/c1-9-20-21(10-2)27(36-26(20)17-28-22(11-3)24(13-5)33(41)38-28)18-30-32(40)35(15-7,16-8)31(37-30)19-29-23(12-4)25(14-6)34(42)39-29/h17-19,36,39,42H,9-16H2,1-8H3/b26-17-,27-18-,31-19+. The van der Waals surface area contributed by atoms with Gasteiger partial charge in [0.25, 0.3) is 5.91 Å². The van der Waals surface area contributed by atoms with E-state index in [9.17, 15) is 14.7 Å². The molecule has 2 aliphatic rings. The summed E-state index contributed by atoms with van der Waals surface area (Å²) in [4.78, 5) is 42.6. The third kappa shape index (κ3) is 5.07. The number of nitrogens with one attached hydrogen (secondary N) is 2. The number of nitrogens with zero attached hydrogens (tertiary/aromatic N) is 2. The number of allylic oxidation sites excluding steroid dienone is 2. The highest BCUT2D eigenvalue weighted by molar-refractivity contribution is 6.54. The number of amides is 1. The number of H-pyrrole nitrogens is 2. The van der Waals surface area contributed by atoms with E-state index in [0.717, 1.165) is 87.7 Å². The highest BCUT2D eigenvalue weighted by Crippen LogP contribution is 2.43. The Balaban J connectivity index is 1.91. The Bertz CT molecular complexity index is 1650. The van der Waals surface area contributed by atoms with Crippen LogP contribution in [0, 0.1) is 5.41 Å². The Morgan fingerprint density at radius 1 is 0.643 bits per heavy atom. The minimum Gasteiger partial charge on any atom is -0.494 e. The van der Waals surface area contributed by atoms with Crippen LogP contribution in [-0.4, -0.2) is 38.2 Å². The molecule has 0 spiro atoms. The molecule has 42 heavy (non-hydrogen) atoms. The summed E-state index contributed by atoms with van der Waals surface area (Å²) >= 11 is 0. The molecular formula is C35H46N4O3. The van der Waals surface area contributed by atoms with Crippen LogP contribution in [0.4, 0.5) is 0 Å². The van der Waals surface area contributed by atoms with Crippen LogP contribution in [0.25, 0.3) is 18.2 Å². The van der Waals surface area contributed by atoms with Crippen LogP contribution in [0.3, 0.4) is 0 Å². The van der Waals surface area contributed by atoms with Gasteiger partial charge < -0.3 is 15.1 Å². The van der Waals surface area contributed by atoms with E-state index in [1.54, 1.807) is 0 Å².